The summed E-state index contributed by atoms with van der Waals surface area (Å²) in [5.41, 5.74) is 11.3. The number of rotatable bonds is 10. The number of halogens is 4. The van der Waals surface area contributed by atoms with Gasteiger partial charge in [-0.05, 0) is 30.7 Å². The SMILES string of the molecule is COc1c(Cl)ccc(Cl)c1C(=O)O/N=C(\N)CCC/C(N)=N/OC(=O)c1c(Cl)ccc(Cl)c1OC. The summed E-state index contributed by atoms with van der Waals surface area (Å²) < 4.78 is 10.2. The van der Waals surface area contributed by atoms with E-state index in [1.165, 1.54) is 38.5 Å². The van der Waals surface area contributed by atoms with Crippen molar-refractivity contribution in [3.05, 3.63) is 55.5 Å². The molecule has 0 aliphatic heterocycles. The van der Waals surface area contributed by atoms with Gasteiger partial charge in [-0.1, -0.05) is 56.7 Å². The van der Waals surface area contributed by atoms with Crippen molar-refractivity contribution in [3.8, 4) is 11.5 Å². The van der Waals surface area contributed by atoms with Gasteiger partial charge in [0.1, 0.15) is 22.8 Å². The highest BCUT2D eigenvalue weighted by Gasteiger charge is 2.22. The maximum absolute atomic E-state index is 12.3. The van der Waals surface area contributed by atoms with Crippen LogP contribution in [-0.2, 0) is 9.68 Å². The lowest BCUT2D eigenvalue weighted by Crippen LogP contribution is -2.17. The molecule has 0 unspecified atom stereocenters. The zero-order valence-corrected chi connectivity index (χ0v) is 21.5. The topological polar surface area (TPSA) is 148 Å². The first kappa shape index (κ1) is 28.3. The Balaban J connectivity index is 1.91. The zero-order chi connectivity index (χ0) is 26.1. The molecular formula is C21H20Cl4N4O6. The highest BCUT2D eigenvalue weighted by Crippen LogP contribution is 2.35. The van der Waals surface area contributed by atoms with Gasteiger partial charge in [0.05, 0.1) is 34.3 Å². The third-order valence-corrected chi connectivity index (χ3v) is 5.52. The molecule has 0 aromatic heterocycles. The largest absolute Gasteiger partial charge is 0.494 e. The molecular weight excluding hydrogens is 546 g/mol. The number of oxime groups is 2. The van der Waals surface area contributed by atoms with E-state index in [0.29, 0.717) is 6.42 Å². The number of methoxy groups -OCH3 is 2. The number of hydrogen-bond donors (Lipinski definition) is 2. The third kappa shape index (κ3) is 7.53. The predicted molar refractivity (Wildman–Crippen MR) is 134 cm³/mol. The molecule has 188 valence electrons. The number of ether oxygens (including phenoxy) is 2. The summed E-state index contributed by atoms with van der Waals surface area (Å²) in [7, 11) is 2.66. The van der Waals surface area contributed by atoms with Crippen molar-refractivity contribution in [1.29, 1.82) is 0 Å². The normalized spacial score (nSPS) is 11.7. The van der Waals surface area contributed by atoms with Gasteiger partial charge in [-0.25, -0.2) is 9.59 Å². The molecule has 0 atom stereocenters. The minimum atomic E-state index is -0.902. The zero-order valence-electron chi connectivity index (χ0n) is 18.4. The standard InChI is InChI=1S/C21H20Cl4N4O6/c1-32-18-12(24)8-6-10(22)16(18)20(30)34-28-14(26)4-3-5-15(27)29-35-21(31)17-11(23)7-9-13(25)19(17)33-2/h6-9H,3-5H2,1-2H3,(H2,26,28)(H2,27,29). The molecule has 2 aromatic rings. The number of benzene rings is 2. The monoisotopic (exact) mass is 564 g/mol. The average Bonchev–Trinajstić information content (AvgIpc) is 2.83. The molecule has 35 heavy (non-hydrogen) atoms. The minimum Gasteiger partial charge on any atom is -0.494 e. The van der Waals surface area contributed by atoms with E-state index in [2.05, 4.69) is 10.3 Å². The van der Waals surface area contributed by atoms with Crippen LogP contribution in [0.1, 0.15) is 40.0 Å². The van der Waals surface area contributed by atoms with Crippen molar-refractivity contribution in [2.45, 2.75) is 19.3 Å². The van der Waals surface area contributed by atoms with E-state index in [-0.39, 0.29) is 67.2 Å². The van der Waals surface area contributed by atoms with E-state index in [1.54, 1.807) is 0 Å². The number of carbonyl (C=O) groups is 2. The Morgan fingerprint density at radius 1 is 0.714 bits per heavy atom. The van der Waals surface area contributed by atoms with Crippen LogP contribution < -0.4 is 20.9 Å². The van der Waals surface area contributed by atoms with E-state index in [0.717, 1.165) is 0 Å². The highest BCUT2D eigenvalue weighted by atomic mass is 35.5. The number of carbonyl (C=O) groups excluding carboxylic acids is 2. The second-order valence-corrected chi connectivity index (χ2v) is 8.28. The summed E-state index contributed by atoms with van der Waals surface area (Å²) in [6.07, 6.45) is 0.722. The first-order chi connectivity index (χ1) is 16.6. The summed E-state index contributed by atoms with van der Waals surface area (Å²) >= 11 is 24.0. The second-order valence-electron chi connectivity index (χ2n) is 6.65. The maximum Gasteiger partial charge on any atom is 0.371 e. The van der Waals surface area contributed by atoms with Gasteiger partial charge in [0, 0.05) is 12.8 Å². The number of nitrogens with two attached hydrogens (primary N) is 2. The number of nitrogens with zero attached hydrogens (tertiary/aromatic N) is 2. The fourth-order valence-corrected chi connectivity index (χ4v) is 3.60. The quantitative estimate of drug-likeness (QED) is 0.176. The Bertz CT molecular complexity index is 1080. The van der Waals surface area contributed by atoms with Gasteiger partial charge in [0.2, 0.25) is 0 Å². The van der Waals surface area contributed by atoms with Crippen molar-refractivity contribution in [1.82, 2.24) is 0 Å². The Morgan fingerprint density at radius 2 is 1.06 bits per heavy atom. The summed E-state index contributed by atoms with van der Waals surface area (Å²) in [5.74, 6) is -1.71. The molecule has 2 rings (SSSR count). The summed E-state index contributed by atoms with van der Waals surface area (Å²) in [6.45, 7) is 0. The lowest BCUT2D eigenvalue weighted by atomic mass is 10.2. The van der Waals surface area contributed by atoms with E-state index in [9.17, 15) is 9.59 Å². The van der Waals surface area contributed by atoms with E-state index in [1.807, 2.05) is 0 Å². The molecule has 0 radical (unpaired) electrons. The molecule has 10 nitrogen and oxygen atoms in total. The van der Waals surface area contributed by atoms with Gasteiger partial charge in [0.15, 0.2) is 11.5 Å². The van der Waals surface area contributed by atoms with Crippen molar-refractivity contribution in [2.75, 3.05) is 14.2 Å². The van der Waals surface area contributed by atoms with Gasteiger partial charge in [-0.3, -0.25) is 0 Å². The Labute approximate surface area is 220 Å². The molecule has 14 heteroatoms. The third-order valence-electron chi connectivity index (χ3n) is 4.29. The molecule has 0 aliphatic carbocycles. The Hall–Kier alpha value is -2.92. The summed E-state index contributed by atoms with van der Waals surface area (Å²) in [5, 5.41) is 7.64. The molecule has 0 bridgehead atoms. The van der Waals surface area contributed by atoms with Crippen LogP contribution in [0.2, 0.25) is 20.1 Å². The number of amidine groups is 2. The summed E-state index contributed by atoms with van der Waals surface area (Å²) in [6, 6.07) is 5.78. The molecule has 0 fully saturated rings. The van der Waals surface area contributed by atoms with Crippen molar-refractivity contribution in [2.24, 2.45) is 21.8 Å². The Kier molecular flexibility index (Phi) is 10.7. The van der Waals surface area contributed by atoms with Crippen LogP contribution in [0.25, 0.3) is 0 Å². The van der Waals surface area contributed by atoms with Crippen molar-refractivity contribution < 1.29 is 28.7 Å². The highest BCUT2D eigenvalue weighted by molar-refractivity contribution is 6.37. The molecule has 2 aromatic carbocycles. The summed E-state index contributed by atoms with van der Waals surface area (Å²) in [4.78, 5) is 34.3. The molecule has 0 saturated heterocycles. The van der Waals surface area contributed by atoms with Crippen LogP contribution in [-0.4, -0.2) is 37.8 Å². The van der Waals surface area contributed by atoms with Crippen LogP contribution in [0.15, 0.2) is 34.6 Å². The van der Waals surface area contributed by atoms with E-state index in [4.69, 9.17) is 77.0 Å². The second kappa shape index (κ2) is 13.2. The average molecular weight is 566 g/mol. The van der Waals surface area contributed by atoms with Gasteiger partial charge in [-0.2, -0.15) is 0 Å². The van der Waals surface area contributed by atoms with Crippen LogP contribution in [0.3, 0.4) is 0 Å². The first-order valence-corrected chi connectivity index (χ1v) is 11.2. The van der Waals surface area contributed by atoms with E-state index >= 15 is 0 Å². The van der Waals surface area contributed by atoms with Crippen LogP contribution >= 0.6 is 46.4 Å². The first-order valence-electron chi connectivity index (χ1n) is 9.72. The molecule has 0 aliphatic rings. The van der Waals surface area contributed by atoms with Gasteiger partial charge >= 0.3 is 11.9 Å². The smallest absolute Gasteiger partial charge is 0.371 e. The molecule has 4 N–H and O–H groups in total. The minimum absolute atomic E-state index is 0.00397. The lowest BCUT2D eigenvalue weighted by Gasteiger charge is -2.10. The number of hydrogen-bond acceptors (Lipinski definition) is 8. The molecule has 0 spiro atoms. The maximum atomic E-state index is 12.3. The molecule has 0 amide bonds. The fraction of sp³-hybridized carbons (Fsp3) is 0.238. The van der Waals surface area contributed by atoms with Crippen LogP contribution in [0, 0.1) is 0 Å². The van der Waals surface area contributed by atoms with Gasteiger partial charge in [0.25, 0.3) is 0 Å². The molecule has 0 saturated carbocycles. The van der Waals surface area contributed by atoms with E-state index < -0.39 is 11.9 Å². The fourth-order valence-electron chi connectivity index (χ4n) is 2.68. The van der Waals surface area contributed by atoms with Crippen molar-refractivity contribution in [3.63, 3.8) is 0 Å². The predicted octanol–water partition coefficient (Wildman–Crippen LogP) is 5.05. The van der Waals surface area contributed by atoms with Crippen LogP contribution in [0.4, 0.5) is 0 Å². The lowest BCUT2D eigenvalue weighted by molar-refractivity contribution is 0.0503. The Morgan fingerprint density at radius 3 is 1.40 bits per heavy atom. The van der Waals surface area contributed by atoms with Crippen LogP contribution in [0.5, 0.6) is 11.5 Å². The molecule has 0 heterocycles. The van der Waals surface area contributed by atoms with Crippen molar-refractivity contribution >= 4 is 70.0 Å². The van der Waals surface area contributed by atoms with Gasteiger partial charge < -0.3 is 30.6 Å². The van der Waals surface area contributed by atoms with Gasteiger partial charge in [-0.15, -0.1) is 0 Å².